The number of aliphatic hydroxyl groups is 1. The van der Waals surface area contributed by atoms with Gasteiger partial charge in [0.15, 0.2) is 0 Å². The van der Waals surface area contributed by atoms with Crippen molar-refractivity contribution < 1.29 is 5.11 Å². The largest absolute Gasteiger partial charge is 0.393 e. The fourth-order valence-electron chi connectivity index (χ4n) is 8.55. The predicted octanol–water partition coefficient (Wildman–Crippen LogP) is 7.70. The second kappa shape index (κ2) is 8.16. The van der Waals surface area contributed by atoms with Gasteiger partial charge in [-0.2, -0.15) is 0 Å². The van der Waals surface area contributed by atoms with Gasteiger partial charge >= 0.3 is 0 Å². The Labute approximate surface area is 201 Å². The summed E-state index contributed by atoms with van der Waals surface area (Å²) in [6.45, 7) is 12.2. The number of fused-ring (bicyclic) bond motifs is 4. The van der Waals surface area contributed by atoms with E-state index in [1.165, 1.54) is 32.1 Å². The molecular formula is C32H42O. The van der Waals surface area contributed by atoms with E-state index in [0.29, 0.717) is 23.2 Å². The van der Waals surface area contributed by atoms with Crippen molar-refractivity contribution in [3.63, 3.8) is 0 Å². The SMILES string of the molecule is C[C@H](CC#Cc1ccccc1)[C@H]1CC=C2C3=C(CC[C@@]21C)[C@@]1(C)CC[C@H](O)C(C)(C)[C@@H]1CC3. The molecular weight excluding hydrogens is 400 g/mol. The van der Waals surface area contributed by atoms with Gasteiger partial charge in [0.1, 0.15) is 0 Å². The Morgan fingerprint density at radius 2 is 1.76 bits per heavy atom. The summed E-state index contributed by atoms with van der Waals surface area (Å²) in [5.41, 5.74) is 6.90. The van der Waals surface area contributed by atoms with Gasteiger partial charge in [-0.25, -0.2) is 0 Å². The lowest BCUT2D eigenvalue weighted by molar-refractivity contribution is -0.0905. The molecule has 1 nitrogen and oxygen atoms in total. The van der Waals surface area contributed by atoms with Crippen molar-refractivity contribution in [1.29, 1.82) is 0 Å². The minimum atomic E-state index is -0.153. The van der Waals surface area contributed by atoms with Crippen LogP contribution in [0.15, 0.2) is 53.1 Å². The van der Waals surface area contributed by atoms with Crippen LogP contribution in [0, 0.1) is 45.8 Å². The van der Waals surface area contributed by atoms with Crippen molar-refractivity contribution in [2.24, 2.45) is 34.0 Å². The Kier molecular flexibility index (Phi) is 5.69. The highest BCUT2D eigenvalue weighted by Crippen LogP contribution is 2.66. The van der Waals surface area contributed by atoms with Crippen LogP contribution in [-0.2, 0) is 0 Å². The van der Waals surface area contributed by atoms with Crippen LogP contribution in [0.5, 0.6) is 0 Å². The standard InChI is InChI=1S/C32H42O/c1-22(10-9-13-23-11-7-6-8-12-23)25-15-16-26-24-14-17-28-30(2,3)29(33)19-21-32(28,5)27(24)18-20-31(25,26)4/h6-8,11-12,16,22,25,28-29,33H,10,14-15,17-21H2,1-5H3/t22-,25-,28+,29+,31-,32-/m1/s1. The number of rotatable bonds is 2. The summed E-state index contributed by atoms with van der Waals surface area (Å²) in [5, 5.41) is 10.8. The number of aliphatic hydroxyl groups excluding tert-OH is 1. The van der Waals surface area contributed by atoms with Crippen LogP contribution in [0.1, 0.15) is 91.5 Å². The highest BCUT2D eigenvalue weighted by molar-refractivity contribution is 5.50. The summed E-state index contributed by atoms with van der Waals surface area (Å²) in [5.74, 6) is 8.78. The zero-order chi connectivity index (χ0) is 23.4. The third-order valence-electron chi connectivity index (χ3n) is 10.5. The smallest absolute Gasteiger partial charge is 0.0594 e. The molecule has 0 aliphatic heterocycles. The fourth-order valence-corrected chi connectivity index (χ4v) is 8.55. The molecule has 1 N–H and O–H groups in total. The molecule has 0 radical (unpaired) electrons. The third-order valence-corrected chi connectivity index (χ3v) is 10.5. The minimum Gasteiger partial charge on any atom is -0.393 e. The Morgan fingerprint density at radius 1 is 1.00 bits per heavy atom. The van der Waals surface area contributed by atoms with Gasteiger partial charge in [-0.1, -0.05) is 76.3 Å². The van der Waals surface area contributed by atoms with Gasteiger partial charge in [0.25, 0.3) is 0 Å². The highest BCUT2D eigenvalue weighted by Gasteiger charge is 2.57. The van der Waals surface area contributed by atoms with Crippen LogP contribution in [-0.4, -0.2) is 11.2 Å². The van der Waals surface area contributed by atoms with Crippen LogP contribution in [0.3, 0.4) is 0 Å². The van der Waals surface area contributed by atoms with E-state index in [9.17, 15) is 5.11 Å². The van der Waals surface area contributed by atoms with E-state index in [1.807, 2.05) is 0 Å². The van der Waals surface area contributed by atoms with E-state index >= 15 is 0 Å². The van der Waals surface area contributed by atoms with E-state index in [-0.39, 0.29) is 16.9 Å². The van der Waals surface area contributed by atoms with E-state index < -0.39 is 0 Å². The molecule has 0 amide bonds. The van der Waals surface area contributed by atoms with Gasteiger partial charge in [-0.3, -0.25) is 0 Å². The molecule has 0 bridgehead atoms. The molecule has 0 unspecified atom stereocenters. The molecule has 6 atom stereocenters. The molecule has 1 aromatic carbocycles. The minimum absolute atomic E-state index is 0.0187. The summed E-state index contributed by atoms with van der Waals surface area (Å²) in [7, 11) is 0. The van der Waals surface area contributed by atoms with Crippen LogP contribution in [0.2, 0.25) is 0 Å². The van der Waals surface area contributed by atoms with Gasteiger partial charge in [0, 0.05) is 12.0 Å². The first-order chi connectivity index (χ1) is 15.7. The lowest BCUT2D eigenvalue weighted by Gasteiger charge is -2.59. The second-order valence-electron chi connectivity index (χ2n) is 12.6. The molecule has 0 heterocycles. The summed E-state index contributed by atoms with van der Waals surface area (Å²) in [4.78, 5) is 0. The highest BCUT2D eigenvalue weighted by atomic mass is 16.3. The Bertz CT molecular complexity index is 1030. The Morgan fingerprint density at radius 3 is 2.52 bits per heavy atom. The zero-order valence-electron chi connectivity index (χ0n) is 21.4. The molecule has 5 rings (SSSR count). The second-order valence-corrected chi connectivity index (χ2v) is 12.6. The molecule has 4 aliphatic carbocycles. The van der Waals surface area contributed by atoms with Crippen molar-refractivity contribution >= 4 is 0 Å². The number of hydrogen-bond acceptors (Lipinski definition) is 1. The van der Waals surface area contributed by atoms with Crippen LogP contribution < -0.4 is 0 Å². The molecule has 0 spiro atoms. The van der Waals surface area contributed by atoms with Crippen LogP contribution >= 0.6 is 0 Å². The number of hydrogen-bond donors (Lipinski definition) is 1. The maximum Gasteiger partial charge on any atom is 0.0594 e. The summed E-state index contributed by atoms with van der Waals surface area (Å²) in [6.07, 6.45) is 11.7. The van der Waals surface area contributed by atoms with E-state index in [2.05, 4.69) is 82.9 Å². The molecule has 0 aromatic heterocycles. The lowest BCUT2D eigenvalue weighted by atomic mass is 9.46. The van der Waals surface area contributed by atoms with Crippen LogP contribution in [0.25, 0.3) is 0 Å². The monoisotopic (exact) mass is 442 g/mol. The average molecular weight is 443 g/mol. The summed E-state index contributed by atoms with van der Waals surface area (Å²) >= 11 is 0. The molecule has 1 aromatic rings. The topological polar surface area (TPSA) is 20.2 Å². The molecule has 1 saturated carbocycles. The first kappa shape index (κ1) is 23.0. The molecule has 0 saturated heterocycles. The fraction of sp³-hybridized carbons (Fsp3) is 0.625. The van der Waals surface area contributed by atoms with E-state index in [1.54, 1.807) is 16.7 Å². The summed E-state index contributed by atoms with van der Waals surface area (Å²) < 4.78 is 0. The maximum absolute atomic E-state index is 10.8. The predicted molar refractivity (Wildman–Crippen MR) is 138 cm³/mol. The average Bonchev–Trinajstić information content (AvgIpc) is 3.15. The van der Waals surface area contributed by atoms with Crippen LogP contribution in [0.4, 0.5) is 0 Å². The van der Waals surface area contributed by atoms with Gasteiger partial charge in [-0.15, -0.1) is 0 Å². The molecule has 4 aliphatic rings. The quantitative estimate of drug-likeness (QED) is 0.465. The lowest BCUT2D eigenvalue weighted by Crippen LogP contribution is -2.53. The maximum atomic E-state index is 10.8. The van der Waals surface area contributed by atoms with Gasteiger partial charge in [0.05, 0.1) is 6.10 Å². The normalized spacial score (nSPS) is 37.8. The summed E-state index contributed by atoms with van der Waals surface area (Å²) in [6, 6.07) is 10.4. The molecule has 33 heavy (non-hydrogen) atoms. The van der Waals surface area contributed by atoms with Crippen molar-refractivity contribution in [2.75, 3.05) is 0 Å². The molecule has 1 heteroatoms. The first-order valence-electron chi connectivity index (χ1n) is 13.3. The van der Waals surface area contributed by atoms with Crippen molar-refractivity contribution in [2.45, 2.75) is 92.1 Å². The van der Waals surface area contributed by atoms with Gasteiger partial charge < -0.3 is 5.11 Å². The zero-order valence-corrected chi connectivity index (χ0v) is 21.4. The Balaban J connectivity index is 1.38. The van der Waals surface area contributed by atoms with Crippen molar-refractivity contribution in [3.05, 3.63) is 58.7 Å². The van der Waals surface area contributed by atoms with Crippen molar-refractivity contribution in [3.8, 4) is 11.8 Å². The third kappa shape index (κ3) is 3.56. The van der Waals surface area contributed by atoms with E-state index in [0.717, 1.165) is 24.8 Å². The van der Waals surface area contributed by atoms with E-state index in [4.69, 9.17) is 0 Å². The first-order valence-corrected chi connectivity index (χ1v) is 13.3. The van der Waals surface area contributed by atoms with Gasteiger partial charge in [0.2, 0.25) is 0 Å². The molecule has 1 fully saturated rings. The molecule has 176 valence electrons. The van der Waals surface area contributed by atoms with Crippen molar-refractivity contribution in [1.82, 2.24) is 0 Å². The van der Waals surface area contributed by atoms with Gasteiger partial charge in [-0.05, 0) is 102 Å². The number of allylic oxidation sites excluding steroid dienone is 4. The number of benzene rings is 1. The Hall–Kier alpha value is -1.78.